The maximum atomic E-state index is 11.7. The summed E-state index contributed by atoms with van der Waals surface area (Å²) in [5.74, 6) is 0.106. The smallest absolute Gasteiger partial charge is 0.176 e. The van der Waals surface area contributed by atoms with Crippen LogP contribution in [0.4, 0.5) is 0 Å². The Bertz CT molecular complexity index is 393. The van der Waals surface area contributed by atoms with E-state index >= 15 is 0 Å². The van der Waals surface area contributed by atoms with Gasteiger partial charge in [-0.25, -0.2) is 0 Å². The van der Waals surface area contributed by atoms with Gasteiger partial charge < -0.3 is 5.73 Å². The highest BCUT2D eigenvalue weighted by molar-refractivity contribution is 9.10. The molecule has 20 heavy (non-hydrogen) atoms. The maximum Gasteiger partial charge on any atom is 0.176 e. The van der Waals surface area contributed by atoms with Gasteiger partial charge in [-0.3, -0.25) is 9.78 Å². The van der Waals surface area contributed by atoms with Gasteiger partial charge >= 0.3 is 0 Å². The number of halogens is 1. The summed E-state index contributed by atoms with van der Waals surface area (Å²) in [6, 6.07) is 3.45. The van der Waals surface area contributed by atoms with Gasteiger partial charge in [0.1, 0.15) is 0 Å². The van der Waals surface area contributed by atoms with Crippen LogP contribution in [-0.2, 0) is 0 Å². The largest absolute Gasteiger partial charge is 0.333 e. The van der Waals surface area contributed by atoms with E-state index in [0.29, 0.717) is 5.56 Å². The van der Waals surface area contributed by atoms with Crippen LogP contribution in [0.1, 0.15) is 30.6 Å². The van der Waals surface area contributed by atoms with Crippen molar-refractivity contribution in [2.75, 3.05) is 7.05 Å². The Hall–Kier alpha value is -0.780. The number of alkyl halides is 1. The van der Waals surface area contributed by atoms with Crippen LogP contribution in [0.25, 0.3) is 0 Å². The fourth-order valence-corrected chi connectivity index (χ4v) is 1.62. The van der Waals surface area contributed by atoms with Crippen molar-refractivity contribution in [3.63, 3.8) is 0 Å². The van der Waals surface area contributed by atoms with Crippen LogP contribution in [0.2, 0.25) is 0 Å². The minimum Gasteiger partial charge on any atom is -0.333 e. The van der Waals surface area contributed by atoms with Crippen LogP contribution in [0, 0.1) is 0 Å². The molecule has 0 radical (unpaired) electrons. The maximum absolute atomic E-state index is 11.7. The Balaban J connectivity index is -0.000000426. The summed E-state index contributed by atoms with van der Waals surface area (Å²) < 4.78 is 1.92. The summed E-state index contributed by atoms with van der Waals surface area (Å²) in [4.78, 5) is 15.5. The zero-order valence-corrected chi connectivity index (χ0v) is 13.9. The van der Waals surface area contributed by atoms with Gasteiger partial charge in [-0.2, -0.15) is 0 Å². The number of hydrogen-bond donors (Lipinski definition) is 1. The quantitative estimate of drug-likeness (QED) is 0.360. The number of rotatable bonds is 5. The summed E-state index contributed by atoms with van der Waals surface area (Å²) in [6.07, 6.45) is 6.69. The molecule has 2 N–H and O–H groups in total. The van der Waals surface area contributed by atoms with E-state index in [1.54, 1.807) is 24.5 Å². The fraction of sp³-hybridized carbons (Fsp3) is 0.357. The highest BCUT2D eigenvalue weighted by Crippen LogP contribution is 2.14. The lowest BCUT2D eigenvalue weighted by Crippen LogP contribution is -2.13. The van der Waals surface area contributed by atoms with Crippen molar-refractivity contribution in [2.45, 2.75) is 25.1 Å². The number of carbonyl (C=O) groups is 1. The summed E-state index contributed by atoms with van der Waals surface area (Å²) in [6.45, 7) is 3.62. The lowest BCUT2D eigenvalue weighted by Gasteiger charge is -2.06. The van der Waals surface area contributed by atoms with Gasteiger partial charge in [0.2, 0.25) is 0 Å². The molecule has 6 heteroatoms. The normalized spacial score (nSPS) is 9.15. The van der Waals surface area contributed by atoms with E-state index < -0.39 is 0 Å². The zero-order chi connectivity index (χ0) is 15.1. The van der Waals surface area contributed by atoms with E-state index in [1.165, 1.54) is 7.05 Å². The molecule has 1 aromatic heterocycles. The fourth-order valence-electron chi connectivity index (χ4n) is 1.09. The first kappa shape index (κ1) is 24.3. The van der Waals surface area contributed by atoms with Crippen molar-refractivity contribution in [3.8, 4) is 0 Å². The van der Waals surface area contributed by atoms with Crippen LogP contribution in [0.3, 0.4) is 0 Å². The monoisotopic (exact) mass is 376 g/mol. The van der Waals surface area contributed by atoms with Gasteiger partial charge in [0.25, 0.3) is 0 Å². The molecule has 0 aliphatic rings. The molecule has 1 aromatic rings. The van der Waals surface area contributed by atoms with Crippen LogP contribution in [-0.4, -0.2) is 27.0 Å². The first-order valence-corrected chi connectivity index (χ1v) is 7.16. The Labute approximate surface area is 140 Å². The number of hydrogen-bond acceptors (Lipinski definition) is 5. The molecule has 1 heterocycles. The molecule has 0 aromatic carbocycles. The topological polar surface area (TPSA) is 56.0 Å². The second-order valence-corrected chi connectivity index (χ2v) is 4.79. The van der Waals surface area contributed by atoms with E-state index in [4.69, 9.17) is 0 Å². The predicted octanol–water partition coefficient (Wildman–Crippen LogP) is 4.22. The van der Waals surface area contributed by atoms with Gasteiger partial charge in [0.05, 0.1) is 4.83 Å². The lowest BCUT2D eigenvalue weighted by atomic mass is 10.1. The number of thiocarbonyl (C=S) groups is 2. The third-order valence-electron chi connectivity index (χ3n) is 1.87. The number of nitrogens with zero attached hydrogens (tertiary/aromatic N) is 1. The number of Topliss-reactive ketones (excluding diaryl/α,β-unsaturated/α-hetero) is 1. The second kappa shape index (κ2) is 18.2. The summed E-state index contributed by atoms with van der Waals surface area (Å²) in [5.41, 5.74) is 5.20. The van der Waals surface area contributed by atoms with E-state index in [2.05, 4.69) is 57.7 Å². The lowest BCUT2D eigenvalue weighted by molar-refractivity contribution is 0.0989. The third kappa shape index (κ3) is 12.3. The highest BCUT2D eigenvalue weighted by atomic mass is 79.9. The molecule has 1 unspecified atom stereocenters. The van der Waals surface area contributed by atoms with E-state index in [9.17, 15) is 4.79 Å². The molecule has 0 spiro atoms. The van der Waals surface area contributed by atoms with E-state index in [0.717, 1.165) is 12.8 Å². The molecule has 0 aliphatic heterocycles. The minimum absolute atomic E-state index is 0. The molecule has 112 valence electrons. The molecule has 0 saturated heterocycles. The molecular formula is C14H21BrN2OS2. The second-order valence-electron chi connectivity index (χ2n) is 3.02. The Morgan fingerprint density at radius 3 is 2.35 bits per heavy atom. The van der Waals surface area contributed by atoms with Gasteiger partial charge in [0.15, 0.2) is 5.78 Å². The van der Waals surface area contributed by atoms with Crippen molar-refractivity contribution in [2.24, 2.45) is 5.73 Å². The Morgan fingerprint density at radius 2 is 1.95 bits per heavy atom. The summed E-state index contributed by atoms with van der Waals surface area (Å²) >= 11 is 11.3. The van der Waals surface area contributed by atoms with Crippen LogP contribution < -0.4 is 5.73 Å². The molecule has 0 saturated carbocycles. The minimum atomic E-state index is -0.122. The average molecular weight is 377 g/mol. The summed E-state index contributed by atoms with van der Waals surface area (Å²) in [5, 5.41) is 0. The van der Waals surface area contributed by atoms with Crippen LogP contribution in [0.15, 0.2) is 37.2 Å². The molecule has 3 nitrogen and oxygen atoms in total. The predicted molar refractivity (Wildman–Crippen MR) is 97.7 cm³/mol. The molecule has 0 bridgehead atoms. The van der Waals surface area contributed by atoms with Crippen molar-refractivity contribution in [3.05, 3.63) is 42.7 Å². The SMILES string of the molecule is C.C=CCCC(Br)C(=O)c1ccncc1.CN.S=C=S. The number of aromatic nitrogens is 1. The van der Waals surface area contributed by atoms with Gasteiger partial charge in [-0.1, -0.05) is 29.4 Å². The molecular weight excluding hydrogens is 356 g/mol. The van der Waals surface area contributed by atoms with Crippen molar-refractivity contribution < 1.29 is 4.79 Å². The number of ketones is 1. The molecule has 0 amide bonds. The third-order valence-corrected chi connectivity index (χ3v) is 2.75. The number of allylic oxidation sites excluding steroid dienone is 1. The molecule has 1 atom stereocenters. The highest BCUT2D eigenvalue weighted by Gasteiger charge is 2.15. The average Bonchev–Trinajstić information content (AvgIpc) is 2.48. The number of nitrogens with two attached hydrogens (primary N) is 1. The van der Waals surface area contributed by atoms with Crippen LogP contribution in [0.5, 0.6) is 0 Å². The van der Waals surface area contributed by atoms with Gasteiger partial charge in [-0.15, -0.1) is 6.58 Å². The molecule has 1 rings (SSSR count). The van der Waals surface area contributed by atoms with Crippen molar-refractivity contribution in [1.82, 2.24) is 4.98 Å². The molecule has 0 aliphatic carbocycles. The molecule has 0 fully saturated rings. The van der Waals surface area contributed by atoms with E-state index in [-0.39, 0.29) is 18.0 Å². The number of carbonyl (C=O) groups excluding carboxylic acids is 1. The standard InChI is InChI=1S/C11H12BrNO.CH5N.CS2.CH4/c1-2-3-4-10(12)11(14)9-5-7-13-8-6-9;1-2;2-1-3;/h2,5-8,10H,1,3-4H2;2H2,1H3;;1H4. The van der Waals surface area contributed by atoms with Gasteiger partial charge in [-0.05, 0) is 56.5 Å². The summed E-state index contributed by atoms with van der Waals surface area (Å²) in [7, 11) is 1.50. The Morgan fingerprint density at radius 1 is 1.50 bits per heavy atom. The van der Waals surface area contributed by atoms with Crippen molar-refractivity contribution >= 4 is 50.5 Å². The van der Waals surface area contributed by atoms with E-state index in [1.807, 2.05) is 10.4 Å². The van der Waals surface area contributed by atoms with Crippen LogP contribution >= 0.6 is 40.4 Å². The van der Waals surface area contributed by atoms with Crippen molar-refractivity contribution in [1.29, 1.82) is 0 Å². The zero-order valence-electron chi connectivity index (χ0n) is 10.7. The first-order chi connectivity index (χ1) is 9.17. The van der Waals surface area contributed by atoms with Gasteiger partial charge in [0, 0.05) is 22.3 Å². The number of pyridine rings is 1. The first-order valence-electron chi connectivity index (χ1n) is 5.43. The Kier molecular flexibility index (Phi) is 22.1.